The standard InChI is InChI=1S/C16H21BN4O5Si/c1-27(2,3)14-9-21(20-19-14)8-13(22)18-12-7-10-5-4-6-11(16(23)24)15(10)26-17(12)25/h4-6,9,12,25H,7-8H2,1-3H3,(H,18,22)(H,23,24). The summed E-state index contributed by atoms with van der Waals surface area (Å²) >= 11 is 0. The number of aromatic carboxylic acids is 1. The molecule has 0 spiro atoms. The van der Waals surface area contributed by atoms with Gasteiger partial charge in [-0.1, -0.05) is 37.0 Å². The van der Waals surface area contributed by atoms with Gasteiger partial charge < -0.3 is 20.1 Å². The number of carbonyl (C=O) groups excluding carboxylic acids is 1. The SMILES string of the molecule is C[Si](C)(C)c1cn(CC(=O)NC2Cc3cccc(C(=O)O)c3OB2O)nn1. The number of rotatable bonds is 5. The van der Waals surface area contributed by atoms with Crippen LogP contribution < -0.4 is 15.3 Å². The van der Waals surface area contributed by atoms with Crippen LogP contribution in [0.2, 0.25) is 19.6 Å². The Bertz CT molecular complexity index is 882. The van der Waals surface area contributed by atoms with E-state index in [-0.39, 0.29) is 30.2 Å². The van der Waals surface area contributed by atoms with Gasteiger partial charge >= 0.3 is 13.1 Å². The van der Waals surface area contributed by atoms with Crippen LogP contribution in [0.25, 0.3) is 0 Å². The van der Waals surface area contributed by atoms with Crippen molar-refractivity contribution in [3.05, 3.63) is 35.5 Å². The monoisotopic (exact) mass is 388 g/mol. The summed E-state index contributed by atoms with van der Waals surface area (Å²) in [6.07, 6.45) is 2.04. The van der Waals surface area contributed by atoms with E-state index in [4.69, 9.17) is 4.65 Å². The van der Waals surface area contributed by atoms with Gasteiger partial charge in [0.25, 0.3) is 0 Å². The number of carbonyl (C=O) groups is 2. The quantitative estimate of drug-likeness (QED) is 0.598. The summed E-state index contributed by atoms with van der Waals surface area (Å²) in [6, 6.07) is 4.73. The topological polar surface area (TPSA) is 127 Å². The van der Waals surface area contributed by atoms with Crippen molar-refractivity contribution in [1.82, 2.24) is 20.3 Å². The summed E-state index contributed by atoms with van der Waals surface area (Å²) < 4.78 is 6.84. The number of benzene rings is 1. The molecule has 1 amide bonds. The summed E-state index contributed by atoms with van der Waals surface area (Å²) in [4.78, 5) is 23.6. The fourth-order valence-electron chi connectivity index (χ4n) is 2.83. The van der Waals surface area contributed by atoms with Crippen molar-refractivity contribution in [3.8, 4) is 5.75 Å². The Morgan fingerprint density at radius 3 is 2.78 bits per heavy atom. The number of amides is 1. The normalized spacial score (nSPS) is 16.4. The number of nitrogens with one attached hydrogen (secondary N) is 1. The number of aromatic nitrogens is 3. The predicted molar refractivity (Wildman–Crippen MR) is 101 cm³/mol. The third-order valence-corrected chi connectivity index (χ3v) is 6.07. The van der Waals surface area contributed by atoms with Crippen LogP contribution in [0.5, 0.6) is 5.75 Å². The second-order valence-electron chi connectivity index (χ2n) is 7.54. The first-order valence-electron chi connectivity index (χ1n) is 8.55. The van der Waals surface area contributed by atoms with Crippen LogP contribution >= 0.6 is 0 Å². The van der Waals surface area contributed by atoms with Crippen molar-refractivity contribution >= 4 is 32.4 Å². The Morgan fingerprint density at radius 2 is 2.15 bits per heavy atom. The molecule has 27 heavy (non-hydrogen) atoms. The van der Waals surface area contributed by atoms with Crippen LogP contribution in [-0.4, -0.2) is 58.1 Å². The summed E-state index contributed by atoms with van der Waals surface area (Å²) in [5.41, 5.74) is 0.602. The number of carboxylic acids is 1. The number of hydrogen-bond donors (Lipinski definition) is 3. The van der Waals surface area contributed by atoms with Gasteiger partial charge in [-0.25, -0.2) is 9.48 Å². The molecule has 0 bridgehead atoms. The second-order valence-corrected chi connectivity index (χ2v) is 12.5. The lowest BCUT2D eigenvalue weighted by molar-refractivity contribution is -0.122. The molecule has 1 atom stereocenters. The Hall–Kier alpha value is -2.66. The van der Waals surface area contributed by atoms with E-state index in [0.717, 1.165) is 5.32 Å². The number of nitrogens with zero attached hydrogens (tertiary/aromatic N) is 3. The summed E-state index contributed by atoms with van der Waals surface area (Å²) in [5, 5.41) is 31.1. The average Bonchev–Trinajstić information content (AvgIpc) is 3.03. The molecule has 1 aliphatic rings. The van der Waals surface area contributed by atoms with E-state index < -0.39 is 27.1 Å². The third kappa shape index (κ3) is 4.20. The zero-order valence-electron chi connectivity index (χ0n) is 15.3. The maximum atomic E-state index is 12.3. The highest BCUT2D eigenvalue weighted by molar-refractivity contribution is 6.88. The van der Waals surface area contributed by atoms with E-state index in [0.29, 0.717) is 5.56 Å². The van der Waals surface area contributed by atoms with E-state index in [9.17, 15) is 19.7 Å². The van der Waals surface area contributed by atoms with Gasteiger partial charge in [-0.05, 0) is 18.1 Å². The number of hydrogen-bond acceptors (Lipinski definition) is 6. The Morgan fingerprint density at radius 1 is 1.41 bits per heavy atom. The van der Waals surface area contributed by atoms with Gasteiger partial charge in [0.2, 0.25) is 5.91 Å². The molecule has 1 unspecified atom stereocenters. The molecule has 1 aromatic heterocycles. The molecule has 9 nitrogen and oxygen atoms in total. The van der Waals surface area contributed by atoms with Crippen LogP contribution in [0.3, 0.4) is 0 Å². The van der Waals surface area contributed by atoms with Gasteiger partial charge in [-0.2, -0.15) is 0 Å². The van der Waals surface area contributed by atoms with Gasteiger partial charge in [-0.3, -0.25) is 4.79 Å². The molecule has 1 aromatic carbocycles. The first kappa shape index (κ1) is 19.1. The van der Waals surface area contributed by atoms with E-state index in [1.165, 1.54) is 10.7 Å². The Kier molecular flexibility index (Phi) is 5.07. The van der Waals surface area contributed by atoms with Crippen LogP contribution in [0, 0.1) is 0 Å². The molecule has 142 valence electrons. The lowest BCUT2D eigenvalue weighted by Crippen LogP contribution is -2.53. The molecule has 3 rings (SSSR count). The van der Waals surface area contributed by atoms with Gasteiger partial charge in [0.15, 0.2) is 0 Å². The molecule has 11 heteroatoms. The Labute approximate surface area is 157 Å². The molecule has 2 aromatic rings. The van der Waals surface area contributed by atoms with Crippen LogP contribution in [0.15, 0.2) is 24.4 Å². The average molecular weight is 388 g/mol. The highest BCUT2D eigenvalue weighted by Gasteiger charge is 2.37. The number of para-hydroxylation sites is 1. The molecule has 0 saturated heterocycles. The van der Waals surface area contributed by atoms with Crippen molar-refractivity contribution in [1.29, 1.82) is 0 Å². The van der Waals surface area contributed by atoms with E-state index in [1.54, 1.807) is 18.3 Å². The lowest BCUT2D eigenvalue weighted by atomic mass is 9.72. The van der Waals surface area contributed by atoms with Crippen molar-refractivity contribution in [2.24, 2.45) is 0 Å². The maximum absolute atomic E-state index is 12.3. The van der Waals surface area contributed by atoms with Crippen molar-refractivity contribution in [3.63, 3.8) is 0 Å². The molecule has 3 N–H and O–H groups in total. The Balaban J connectivity index is 1.68. The highest BCUT2D eigenvalue weighted by atomic mass is 28.3. The smallest absolute Gasteiger partial charge is 0.534 e. The van der Waals surface area contributed by atoms with E-state index in [1.807, 2.05) is 0 Å². The minimum Gasteiger partial charge on any atom is -0.534 e. The van der Waals surface area contributed by atoms with Crippen molar-refractivity contribution in [2.75, 3.05) is 0 Å². The van der Waals surface area contributed by atoms with Crippen LogP contribution in [-0.2, 0) is 17.8 Å². The number of carboxylic acid groups (broad SMARTS) is 1. The molecule has 2 heterocycles. The van der Waals surface area contributed by atoms with Gasteiger partial charge in [0.1, 0.15) is 20.4 Å². The van der Waals surface area contributed by atoms with Crippen molar-refractivity contribution < 1.29 is 24.4 Å². The first-order chi connectivity index (χ1) is 12.6. The van der Waals surface area contributed by atoms with E-state index in [2.05, 4.69) is 35.3 Å². The third-order valence-electron chi connectivity index (χ3n) is 4.31. The van der Waals surface area contributed by atoms with Gasteiger partial charge in [-0.15, -0.1) is 5.10 Å². The van der Waals surface area contributed by atoms with Crippen LogP contribution in [0.4, 0.5) is 0 Å². The van der Waals surface area contributed by atoms with Crippen molar-refractivity contribution in [2.45, 2.75) is 38.5 Å². The molecular weight excluding hydrogens is 367 g/mol. The summed E-state index contributed by atoms with van der Waals surface area (Å²) in [5.74, 6) is -2.02. The number of fused-ring (bicyclic) bond motifs is 1. The predicted octanol–water partition coefficient (Wildman–Crippen LogP) is -0.339. The molecule has 0 radical (unpaired) electrons. The zero-order valence-corrected chi connectivity index (χ0v) is 16.3. The minimum absolute atomic E-state index is 0.0159. The molecule has 0 aliphatic carbocycles. The highest BCUT2D eigenvalue weighted by Crippen LogP contribution is 2.30. The summed E-state index contributed by atoms with van der Waals surface area (Å²) in [7, 11) is -2.94. The van der Waals surface area contributed by atoms with E-state index >= 15 is 0 Å². The lowest BCUT2D eigenvalue weighted by Gasteiger charge is -2.28. The molecule has 0 saturated carbocycles. The van der Waals surface area contributed by atoms with Gasteiger partial charge in [0, 0.05) is 6.20 Å². The maximum Gasteiger partial charge on any atom is 0.547 e. The summed E-state index contributed by atoms with van der Waals surface area (Å²) in [6.45, 7) is 6.39. The zero-order chi connectivity index (χ0) is 19.8. The van der Waals surface area contributed by atoms with Crippen LogP contribution in [0.1, 0.15) is 15.9 Å². The fraction of sp³-hybridized carbons (Fsp3) is 0.375. The second kappa shape index (κ2) is 7.16. The first-order valence-corrected chi connectivity index (χ1v) is 12.0. The molecular formula is C16H21BN4O5Si. The minimum atomic E-state index is -1.61. The fourth-order valence-corrected chi connectivity index (χ4v) is 3.72. The molecule has 1 aliphatic heterocycles. The van der Waals surface area contributed by atoms with Gasteiger partial charge in [0.05, 0.1) is 16.8 Å². The molecule has 0 fully saturated rings. The largest absolute Gasteiger partial charge is 0.547 e.